The molecule has 0 atom stereocenters. The van der Waals surface area contributed by atoms with Crippen molar-refractivity contribution < 1.29 is 38.4 Å². The summed E-state index contributed by atoms with van der Waals surface area (Å²) in [6, 6.07) is 8.03. The third-order valence-electron chi connectivity index (χ3n) is 5.58. The van der Waals surface area contributed by atoms with Gasteiger partial charge in [0, 0.05) is 22.1 Å². The summed E-state index contributed by atoms with van der Waals surface area (Å²) in [4.78, 5) is 0. The van der Waals surface area contributed by atoms with Gasteiger partial charge in [-0.2, -0.15) is 0 Å². The van der Waals surface area contributed by atoms with Crippen LogP contribution < -0.4 is 0 Å². The van der Waals surface area contributed by atoms with Gasteiger partial charge in [0.25, 0.3) is 0 Å². The van der Waals surface area contributed by atoms with E-state index in [1.807, 2.05) is 5.92 Å². The summed E-state index contributed by atoms with van der Waals surface area (Å²) < 4.78 is 65.1. The monoisotopic (exact) mass is 588 g/mol. The number of hydrogen-bond acceptors (Lipinski definition) is 0. The molecule has 2 aromatic carbocycles. The minimum Gasteiger partial charge on any atom is -0.202 e. The van der Waals surface area contributed by atoms with E-state index in [9.17, 15) is 22.0 Å². The van der Waals surface area contributed by atoms with Crippen LogP contribution in [0.4, 0.5) is 22.0 Å². The second kappa shape index (κ2) is 16.8. The van der Waals surface area contributed by atoms with Gasteiger partial charge < -0.3 is 0 Å². The van der Waals surface area contributed by atoms with Gasteiger partial charge in [0.05, 0.1) is 0 Å². The van der Waals surface area contributed by atoms with E-state index in [4.69, 9.17) is 0 Å². The molecule has 0 spiro atoms. The summed E-state index contributed by atoms with van der Waals surface area (Å²) >= 11 is 0. The summed E-state index contributed by atoms with van der Waals surface area (Å²) in [5.74, 6) is -5.77. The molecule has 0 unspecified atom stereocenters. The van der Waals surface area contributed by atoms with Crippen molar-refractivity contribution in [3.63, 3.8) is 0 Å². The quantitative estimate of drug-likeness (QED) is 0.0755. The number of hydrogen-bond donors (Lipinski definition) is 0. The Kier molecular flexibility index (Phi) is 16.3. The van der Waals surface area contributed by atoms with Crippen molar-refractivity contribution >= 4 is 15.8 Å². The van der Waals surface area contributed by atoms with Gasteiger partial charge in [-0.3, -0.25) is 0 Å². The summed E-state index contributed by atoms with van der Waals surface area (Å²) in [6.07, 6.45) is 3.01. The number of benzene rings is 2. The molecule has 0 aliphatic carbocycles. The maximum Gasteiger partial charge on any atom is 0.200 e. The van der Waals surface area contributed by atoms with Gasteiger partial charge in [-0.05, 0) is 47.1 Å². The van der Waals surface area contributed by atoms with E-state index < -0.39 is 34.6 Å². The molecule has 0 N–H and O–H groups in total. The zero-order valence-corrected chi connectivity index (χ0v) is 25.0. The van der Waals surface area contributed by atoms with E-state index in [0.29, 0.717) is 5.56 Å². The van der Waals surface area contributed by atoms with Gasteiger partial charge in [-0.25, -0.2) is 22.0 Å². The van der Waals surface area contributed by atoms with Crippen LogP contribution in [0.5, 0.6) is 0 Å². The summed E-state index contributed by atoms with van der Waals surface area (Å²) in [7, 11) is 0.511. The Morgan fingerprint density at radius 3 is 1.22 bits per heavy atom. The summed E-state index contributed by atoms with van der Waals surface area (Å²) in [6.45, 7) is 19.3. The third kappa shape index (κ3) is 10.4. The normalized spacial score (nSPS) is 11.1. The van der Waals surface area contributed by atoms with E-state index in [0.717, 1.165) is 22.6 Å². The molecule has 204 valence electrons. The molecule has 2 rings (SSSR count). The SMILES string of the molecule is CC(C)P(CCP(C(C)C)C(C)C)C(C)C.Fc1c(F)c(F)c(C#Cc2ccccc2)c(F)c1F.[Ni]. The van der Waals surface area contributed by atoms with Crippen LogP contribution in [0.3, 0.4) is 0 Å². The first-order valence-electron chi connectivity index (χ1n) is 11.9. The van der Waals surface area contributed by atoms with Crippen LogP contribution in [0.25, 0.3) is 0 Å². The second-order valence-corrected chi connectivity index (χ2v) is 16.5. The predicted molar refractivity (Wildman–Crippen MR) is 143 cm³/mol. The van der Waals surface area contributed by atoms with Crippen molar-refractivity contribution in [1.29, 1.82) is 0 Å². The topological polar surface area (TPSA) is 0 Å². The molecule has 0 nitrogen and oxygen atoms in total. The molecule has 0 fully saturated rings. The fourth-order valence-corrected chi connectivity index (χ4v) is 10.1. The summed E-state index contributed by atoms with van der Waals surface area (Å²) in [5, 5.41) is 0. The number of halogens is 5. The van der Waals surface area contributed by atoms with E-state index in [2.05, 4.69) is 61.3 Å². The van der Waals surface area contributed by atoms with Crippen molar-refractivity contribution in [2.45, 2.75) is 78.0 Å². The molecule has 0 saturated heterocycles. The molecule has 0 saturated carbocycles. The van der Waals surface area contributed by atoms with Crippen molar-refractivity contribution in [2.75, 3.05) is 12.3 Å². The van der Waals surface area contributed by atoms with E-state index in [1.165, 1.54) is 12.3 Å². The molecule has 0 radical (unpaired) electrons. The molecule has 0 bridgehead atoms. The zero-order chi connectivity index (χ0) is 26.9. The average Bonchev–Trinajstić information content (AvgIpc) is 2.79. The minimum absolute atomic E-state index is 0. The zero-order valence-electron chi connectivity index (χ0n) is 22.2. The van der Waals surface area contributed by atoms with Crippen LogP contribution in [0.1, 0.15) is 66.5 Å². The van der Waals surface area contributed by atoms with Crippen molar-refractivity contribution in [3.05, 3.63) is 70.5 Å². The molecule has 8 heteroatoms. The van der Waals surface area contributed by atoms with Gasteiger partial charge in [0.15, 0.2) is 23.3 Å². The van der Waals surface area contributed by atoms with Crippen molar-refractivity contribution in [2.24, 2.45) is 0 Å². The smallest absolute Gasteiger partial charge is 0.200 e. The first-order valence-corrected chi connectivity index (χ1v) is 15.2. The molecule has 0 aromatic heterocycles. The van der Waals surface area contributed by atoms with Crippen LogP contribution in [0.15, 0.2) is 30.3 Å². The second-order valence-electron chi connectivity index (χ2n) is 9.41. The maximum atomic E-state index is 13.3. The Hall–Kier alpha value is -0.996. The van der Waals surface area contributed by atoms with Gasteiger partial charge in [-0.15, -0.1) is 15.8 Å². The Balaban J connectivity index is 0.000000674. The van der Waals surface area contributed by atoms with Gasteiger partial charge in [-0.1, -0.05) is 85.4 Å². The van der Waals surface area contributed by atoms with Gasteiger partial charge in [0.1, 0.15) is 5.56 Å². The molecular formula is C28H37F5NiP2. The standard InChI is InChI=1S/C14H5F5.C14H32P2.Ni/c15-10-9(7-6-8-4-2-1-3-5-8)11(16)13(18)14(19)12(10)17;1-11(2)15(12(3)4)9-10-16(13(5)6)14(7)8;/h1-5H;11-14H,9-10H2,1-8H3;. The molecule has 2 aromatic rings. The third-order valence-corrected chi connectivity index (χ3v) is 12.7. The van der Waals surface area contributed by atoms with Crippen molar-refractivity contribution in [3.8, 4) is 11.8 Å². The molecular weight excluding hydrogens is 552 g/mol. The first-order chi connectivity index (χ1) is 16.3. The maximum absolute atomic E-state index is 13.3. The molecule has 0 amide bonds. The van der Waals surface area contributed by atoms with Crippen LogP contribution in [-0.2, 0) is 16.5 Å². The fraction of sp³-hybridized carbons (Fsp3) is 0.500. The van der Waals surface area contributed by atoms with Crippen LogP contribution in [-0.4, -0.2) is 35.0 Å². The van der Waals surface area contributed by atoms with Crippen LogP contribution >= 0.6 is 15.8 Å². The van der Waals surface area contributed by atoms with Crippen LogP contribution in [0, 0.1) is 40.9 Å². The van der Waals surface area contributed by atoms with Gasteiger partial charge in [0.2, 0.25) is 5.82 Å². The van der Waals surface area contributed by atoms with E-state index in [1.54, 1.807) is 30.3 Å². The van der Waals surface area contributed by atoms with Gasteiger partial charge >= 0.3 is 0 Å². The van der Waals surface area contributed by atoms with E-state index in [-0.39, 0.29) is 32.3 Å². The predicted octanol–water partition coefficient (Wildman–Crippen LogP) is 9.36. The minimum atomic E-state index is -2.19. The largest absolute Gasteiger partial charge is 0.202 e. The molecule has 36 heavy (non-hydrogen) atoms. The molecule has 0 heterocycles. The fourth-order valence-electron chi connectivity index (χ4n) is 3.83. The Morgan fingerprint density at radius 1 is 0.556 bits per heavy atom. The van der Waals surface area contributed by atoms with Crippen molar-refractivity contribution in [1.82, 2.24) is 0 Å². The Morgan fingerprint density at radius 2 is 0.889 bits per heavy atom. The Labute approximate surface area is 226 Å². The first kappa shape index (κ1) is 35.0. The number of rotatable bonds is 7. The average molecular weight is 589 g/mol. The Bertz CT molecular complexity index is 933. The van der Waals surface area contributed by atoms with E-state index >= 15 is 0 Å². The van der Waals surface area contributed by atoms with Crippen LogP contribution in [0.2, 0.25) is 0 Å². The molecule has 0 aliphatic heterocycles. The molecule has 0 aliphatic rings. The summed E-state index contributed by atoms with van der Waals surface area (Å²) in [5.41, 5.74) is 2.89.